The maximum atomic E-state index is 12.1. The number of fused-ring (bicyclic) bond motifs is 1. The summed E-state index contributed by atoms with van der Waals surface area (Å²) in [7, 11) is 0. The van der Waals surface area contributed by atoms with Crippen LogP contribution in [0.1, 0.15) is 36.7 Å². The lowest BCUT2D eigenvalue weighted by Gasteiger charge is -2.01. The quantitative estimate of drug-likeness (QED) is 0.828. The minimum atomic E-state index is -0.127. The molecule has 0 bridgehead atoms. The molecule has 0 saturated heterocycles. The number of carbonyl (C=O) groups is 1. The lowest BCUT2D eigenvalue weighted by Crippen LogP contribution is -2.26. The number of carbonyl (C=O) groups excluding carboxylic acids is 1. The number of benzene rings is 1. The minimum absolute atomic E-state index is 0.127. The Kier molecular flexibility index (Phi) is 2.93. The lowest BCUT2D eigenvalue weighted by molar-refractivity contribution is 0.0923. The number of nitrogens with two attached hydrogens (primary N) is 1. The van der Waals surface area contributed by atoms with Crippen molar-refractivity contribution in [3.05, 3.63) is 30.0 Å². The van der Waals surface area contributed by atoms with Crippen LogP contribution in [-0.4, -0.2) is 11.9 Å². The Hall–Kier alpha value is -1.97. The zero-order valence-electron chi connectivity index (χ0n) is 11.0. The number of amides is 1. The fraction of sp³-hybridized carbons (Fsp3) is 0.400. The first kappa shape index (κ1) is 12.1. The third-order valence-electron chi connectivity index (χ3n) is 3.66. The second-order valence-electron chi connectivity index (χ2n) is 5.27. The highest BCUT2D eigenvalue weighted by atomic mass is 16.3. The normalized spacial score (nSPS) is 21.5. The lowest BCUT2D eigenvalue weighted by atomic mass is 10.2. The van der Waals surface area contributed by atoms with Gasteiger partial charge in [-0.15, -0.1) is 0 Å². The molecule has 1 saturated carbocycles. The summed E-state index contributed by atoms with van der Waals surface area (Å²) in [6, 6.07) is 7.44. The summed E-state index contributed by atoms with van der Waals surface area (Å²) in [6.07, 6.45) is 3.44. The maximum absolute atomic E-state index is 12.1. The zero-order chi connectivity index (χ0) is 13.4. The molecule has 4 heteroatoms. The van der Waals surface area contributed by atoms with E-state index in [2.05, 4.69) is 12.2 Å². The van der Waals surface area contributed by atoms with Crippen molar-refractivity contribution in [3.63, 3.8) is 0 Å². The van der Waals surface area contributed by atoms with Gasteiger partial charge in [0, 0.05) is 17.1 Å². The van der Waals surface area contributed by atoms with E-state index in [0.717, 1.165) is 11.8 Å². The summed E-state index contributed by atoms with van der Waals surface area (Å²) in [6.45, 7) is 2.17. The molecule has 1 amide bonds. The van der Waals surface area contributed by atoms with Gasteiger partial charge in [-0.2, -0.15) is 0 Å². The van der Waals surface area contributed by atoms with Gasteiger partial charge in [0.25, 0.3) is 5.91 Å². The van der Waals surface area contributed by atoms with Crippen LogP contribution in [0.5, 0.6) is 0 Å². The number of furan rings is 1. The summed E-state index contributed by atoms with van der Waals surface area (Å²) in [5.74, 6) is 0.884. The molecule has 0 aliphatic heterocycles. The standard InChI is InChI=1S/C15H18N2O2/c1-2-3-9-7-12(9)17-15(18)14-8-10-6-11(16)4-5-13(10)19-14/h4-6,8-9,12H,2-3,7,16H2,1H3,(H,17,18). The molecular formula is C15H18N2O2. The maximum Gasteiger partial charge on any atom is 0.287 e. The molecule has 3 N–H and O–H groups in total. The van der Waals surface area contributed by atoms with E-state index in [-0.39, 0.29) is 5.91 Å². The van der Waals surface area contributed by atoms with Crippen LogP contribution in [0, 0.1) is 5.92 Å². The van der Waals surface area contributed by atoms with Crippen LogP contribution >= 0.6 is 0 Å². The molecule has 1 aliphatic rings. The molecule has 3 rings (SSSR count). The number of hydrogen-bond donors (Lipinski definition) is 2. The van der Waals surface area contributed by atoms with Crippen molar-refractivity contribution in [3.8, 4) is 0 Å². The third-order valence-corrected chi connectivity index (χ3v) is 3.66. The van der Waals surface area contributed by atoms with Crippen LogP contribution in [0.3, 0.4) is 0 Å². The van der Waals surface area contributed by atoms with Crippen molar-refractivity contribution >= 4 is 22.6 Å². The van der Waals surface area contributed by atoms with E-state index in [9.17, 15) is 4.79 Å². The van der Waals surface area contributed by atoms with Gasteiger partial charge in [-0.1, -0.05) is 13.3 Å². The Morgan fingerprint density at radius 3 is 3.11 bits per heavy atom. The summed E-state index contributed by atoms with van der Waals surface area (Å²) < 4.78 is 5.54. The van der Waals surface area contributed by atoms with E-state index >= 15 is 0 Å². The van der Waals surface area contributed by atoms with E-state index in [1.165, 1.54) is 12.8 Å². The van der Waals surface area contributed by atoms with E-state index in [1.807, 2.05) is 6.07 Å². The van der Waals surface area contributed by atoms with Crippen LogP contribution in [0.25, 0.3) is 11.0 Å². The van der Waals surface area contributed by atoms with Crippen molar-refractivity contribution in [2.45, 2.75) is 32.2 Å². The molecule has 1 aliphatic carbocycles. The van der Waals surface area contributed by atoms with Gasteiger partial charge in [-0.25, -0.2) is 0 Å². The smallest absolute Gasteiger partial charge is 0.287 e. The van der Waals surface area contributed by atoms with Gasteiger partial charge in [0.2, 0.25) is 0 Å². The van der Waals surface area contributed by atoms with Gasteiger partial charge >= 0.3 is 0 Å². The molecule has 4 nitrogen and oxygen atoms in total. The van der Waals surface area contributed by atoms with Crippen LogP contribution in [-0.2, 0) is 0 Å². The fourth-order valence-corrected chi connectivity index (χ4v) is 2.53. The Labute approximate surface area is 112 Å². The van der Waals surface area contributed by atoms with E-state index in [4.69, 9.17) is 10.2 Å². The highest BCUT2D eigenvalue weighted by Crippen LogP contribution is 2.34. The molecule has 100 valence electrons. The van der Waals surface area contributed by atoms with Crippen molar-refractivity contribution in [1.82, 2.24) is 5.32 Å². The SMILES string of the molecule is CCCC1CC1NC(=O)c1cc2cc(N)ccc2o1. The van der Waals surface area contributed by atoms with E-state index in [0.29, 0.717) is 29.0 Å². The molecule has 0 spiro atoms. The third kappa shape index (κ3) is 2.43. The van der Waals surface area contributed by atoms with Gasteiger partial charge in [-0.05, 0) is 43.0 Å². The topological polar surface area (TPSA) is 68.3 Å². The van der Waals surface area contributed by atoms with Crippen molar-refractivity contribution < 1.29 is 9.21 Å². The molecule has 1 aromatic heterocycles. The zero-order valence-corrected chi connectivity index (χ0v) is 11.0. The molecule has 1 fully saturated rings. The Bertz CT molecular complexity index is 618. The van der Waals surface area contributed by atoms with Gasteiger partial charge in [0.15, 0.2) is 5.76 Å². The average Bonchev–Trinajstić information content (AvgIpc) is 2.96. The molecular weight excluding hydrogens is 240 g/mol. The van der Waals surface area contributed by atoms with E-state index in [1.54, 1.807) is 18.2 Å². The molecule has 1 heterocycles. The van der Waals surface area contributed by atoms with Crippen molar-refractivity contribution in [1.29, 1.82) is 0 Å². The molecule has 1 aromatic carbocycles. The Morgan fingerprint density at radius 1 is 1.47 bits per heavy atom. The second kappa shape index (κ2) is 4.61. The highest BCUT2D eigenvalue weighted by Gasteiger charge is 2.37. The Balaban J connectivity index is 1.72. The summed E-state index contributed by atoms with van der Waals surface area (Å²) in [5, 5.41) is 3.88. The Morgan fingerprint density at radius 2 is 2.32 bits per heavy atom. The van der Waals surface area contributed by atoms with Gasteiger partial charge in [0.05, 0.1) is 0 Å². The monoisotopic (exact) mass is 258 g/mol. The molecule has 2 aromatic rings. The fourth-order valence-electron chi connectivity index (χ4n) is 2.53. The number of rotatable bonds is 4. The van der Waals surface area contributed by atoms with Crippen LogP contribution in [0.15, 0.2) is 28.7 Å². The van der Waals surface area contributed by atoms with Crippen molar-refractivity contribution in [2.24, 2.45) is 5.92 Å². The van der Waals surface area contributed by atoms with Crippen LogP contribution < -0.4 is 11.1 Å². The van der Waals surface area contributed by atoms with Crippen LogP contribution in [0.4, 0.5) is 5.69 Å². The summed E-state index contributed by atoms with van der Waals surface area (Å²) >= 11 is 0. The highest BCUT2D eigenvalue weighted by molar-refractivity contribution is 5.96. The number of nitrogens with one attached hydrogen (secondary N) is 1. The average molecular weight is 258 g/mol. The molecule has 2 atom stereocenters. The second-order valence-corrected chi connectivity index (χ2v) is 5.27. The summed E-state index contributed by atoms with van der Waals surface area (Å²) in [5.41, 5.74) is 7.08. The predicted molar refractivity (Wildman–Crippen MR) is 74.9 cm³/mol. The van der Waals surface area contributed by atoms with Crippen molar-refractivity contribution in [2.75, 3.05) is 5.73 Å². The minimum Gasteiger partial charge on any atom is -0.451 e. The van der Waals surface area contributed by atoms with Gasteiger partial charge in [0.1, 0.15) is 5.58 Å². The summed E-state index contributed by atoms with van der Waals surface area (Å²) in [4.78, 5) is 12.1. The first-order valence-electron chi connectivity index (χ1n) is 6.77. The number of anilines is 1. The van der Waals surface area contributed by atoms with Gasteiger partial charge < -0.3 is 15.5 Å². The number of hydrogen-bond acceptors (Lipinski definition) is 3. The largest absolute Gasteiger partial charge is 0.451 e. The van der Waals surface area contributed by atoms with Crippen LogP contribution in [0.2, 0.25) is 0 Å². The first-order valence-corrected chi connectivity index (χ1v) is 6.77. The number of nitrogen functional groups attached to an aromatic ring is 1. The predicted octanol–water partition coefficient (Wildman–Crippen LogP) is 2.93. The molecule has 0 radical (unpaired) electrons. The first-order chi connectivity index (χ1) is 9.17. The molecule has 2 unspecified atom stereocenters. The van der Waals surface area contributed by atoms with Gasteiger partial charge in [-0.3, -0.25) is 4.79 Å². The molecule has 19 heavy (non-hydrogen) atoms. The van der Waals surface area contributed by atoms with E-state index < -0.39 is 0 Å².